The second-order valence-electron chi connectivity index (χ2n) is 5.98. The molecule has 0 aliphatic heterocycles. The number of rotatable bonds is 5. The first-order chi connectivity index (χ1) is 14.2. The second-order valence-corrected chi connectivity index (χ2v) is 7.28. The quantitative estimate of drug-likeness (QED) is 0.372. The average molecular weight is 454 g/mol. The fourth-order valence-corrected chi connectivity index (χ4v) is 3.11. The van der Waals surface area contributed by atoms with Gasteiger partial charge in [-0.15, -0.1) is 11.3 Å². The van der Waals surface area contributed by atoms with Crippen molar-refractivity contribution in [3.63, 3.8) is 0 Å². The summed E-state index contributed by atoms with van der Waals surface area (Å²) < 4.78 is 52.1. The predicted molar refractivity (Wildman–Crippen MR) is 111 cm³/mol. The van der Waals surface area contributed by atoms with Crippen molar-refractivity contribution < 1.29 is 22.4 Å². The van der Waals surface area contributed by atoms with Crippen LogP contribution < -0.4 is 16.0 Å². The van der Waals surface area contributed by atoms with Crippen molar-refractivity contribution in [2.24, 2.45) is 0 Å². The molecule has 0 spiro atoms. The number of amides is 1. The van der Waals surface area contributed by atoms with E-state index < -0.39 is 17.6 Å². The van der Waals surface area contributed by atoms with E-state index in [1.165, 1.54) is 17.5 Å². The summed E-state index contributed by atoms with van der Waals surface area (Å²) in [5, 5.41) is 10.3. The van der Waals surface area contributed by atoms with Crippen molar-refractivity contribution in [1.29, 1.82) is 0 Å². The van der Waals surface area contributed by atoms with Crippen molar-refractivity contribution in [1.82, 2.24) is 10.3 Å². The number of thiocarbonyl (C=S) groups is 1. The summed E-state index contributed by atoms with van der Waals surface area (Å²) in [5.74, 6) is -1.09. The fraction of sp³-hybridized carbons (Fsp3) is 0.105. The molecule has 5 nitrogen and oxygen atoms in total. The number of nitrogens with zero attached hydrogens (tertiary/aromatic N) is 1. The molecule has 30 heavy (non-hydrogen) atoms. The van der Waals surface area contributed by atoms with E-state index in [1.807, 2.05) is 0 Å². The Morgan fingerprint density at radius 1 is 1.07 bits per heavy atom. The van der Waals surface area contributed by atoms with Crippen molar-refractivity contribution in [2.45, 2.75) is 12.7 Å². The molecular formula is C19H14F4N4OS2. The van der Waals surface area contributed by atoms with Gasteiger partial charge < -0.3 is 16.0 Å². The predicted octanol–water partition coefficient (Wildman–Crippen LogP) is 5.04. The van der Waals surface area contributed by atoms with Crippen LogP contribution in [0, 0.1) is 5.82 Å². The van der Waals surface area contributed by atoms with Crippen LogP contribution in [-0.4, -0.2) is 16.0 Å². The molecule has 0 saturated heterocycles. The van der Waals surface area contributed by atoms with E-state index in [4.69, 9.17) is 12.2 Å². The zero-order chi connectivity index (χ0) is 21.7. The lowest BCUT2D eigenvalue weighted by Crippen LogP contribution is -2.28. The lowest BCUT2D eigenvalue weighted by atomic mass is 10.1. The third-order valence-corrected chi connectivity index (χ3v) is 4.86. The maximum Gasteiger partial charge on any atom is 0.416 e. The Hall–Kier alpha value is -3.05. The number of hydrogen-bond acceptors (Lipinski definition) is 4. The minimum Gasteiger partial charge on any atom is -0.358 e. The molecule has 0 bridgehead atoms. The summed E-state index contributed by atoms with van der Waals surface area (Å²) in [6.45, 7) is -0.219. The van der Waals surface area contributed by atoms with Gasteiger partial charge in [-0.3, -0.25) is 4.79 Å². The highest BCUT2D eigenvalue weighted by molar-refractivity contribution is 7.80. The molecule has 0 atom stereocenters. The van der Waals surface area contributed by atoms with Gasteiger partial charge in [-0.25, -0.2) is 9.37 Å². The summed E-state index contributed by atoms with van der Waals surface area (Å²) >= 11 is 6.32. The molecule has 3 N–H and O–H groups in total. The normalized spacial score (nSPS) is 11.1. The Labute approximate surface area is 178 Å². The smallest absolute Gasteiger partial charge is 0.358 e. The summed E-state index contributed by atoms with van der Waals surface area (Å²) in [4.78, 5) is 15.9. The monoisotopic (exact) mass is 454 g/mol. The fourth-order valence-electron chi connectivity index (χ4n) is 2.39. The Balaban J connectivity index is 1.55. The Bertz CT molecular complexity index is 1040. The van der Waals surface area contributed by atoms with Crippen LogP contribution in [-0.2, 0) is 12.7 Å². The van der Waals surface area contributed by atoms with E-state index in [-0.39, 0.29) is 23.1 Å². The van der Waals surface area contributed by atoms with Crippen molar-refractivity contribution in [2.75, 3.05) is 10.6 Å². The first-order valence-corrected chi connectivity index (χ1v) is 9.72. The van der Waals surface area contributed by atoms with Crippen LogP contribution >= 0.6 is 23.6 Å². The lowest BCUT2D eigenvalue weighted by molar-refractivity contribution is -0.137. The molecule has 156 valence electrons. The average Bonchev–Trinajstić information content (AvgIpc) is 3.23. The first kappa shape index (κ1) is 21.7. The Morgan fingerprint density at radius 3 is 2.33 bits per heavy atom. The van der Waals surface area contributed by atoms with E-state index in [9.17, 15) is 22.4 Å². The maximum absolute atomic E-state index is 13.8. The molecule has 1 amide bonds. The molecular weight excluding hydrogens is 440 g/mol. The highest BCUT2D eigenvalue weighted by Crippen LogP contribution is 2.30. The van der Waals surface area contributed by atoms with E-state index in [1.54, 1.807) is 29.6 Å². The molecule has 0 radical (unpaired) electrons. The molecule has 0 aliphatic rings. The number of halogens is 4. The number of nitrogens with one attached hydrogen (secondary N) is 3. The molecule has 3 rings (SSSR count). The van der Waals surface area contributed by atoms with Crippen LogP contribution in [0.5, 0.6) is 0 Å². The van der Waals surface area contributed by atoms with Crippen LogP contribution in [0.1, 0.15) is 20.9 Å². The van der Waals surface area contributed by atoms with Gasteiger partial charge in [0.2, 0.25) is 0 Å². The minimum absolute atomic E-state index is 0.103. The standard InChI is InChI=1S/C19H14F4N4OS2/c20-15-6-1-12(19(21,22)23)9-11(15)10-25-18(29)27-14-4-2-13(3-5-14)26-16(28)17-24-7-8-30-17/h1-9H,10H2,(H,26,28)(H2,25,27,29). The number of benzene rings is 2. The molecule has 11 heteroatoms. The number of aromatic nitrogens is 1. The van der Waals surface area contributed by atoms with E-state index in [0.29, 0.717) is 22.4 Å². The third kappa shape index (κ3) is 5.74. The Kier molecular flexibility index (Phi) is 6.63. The molecule has 0 saturated carbocycles. The van der Waals surface area contributed by atoms with Gasteiger partial charge in [0.05, 0.1) is 5.56 Å². The number of carbonyl (C=O) groups is 1. The molecule has 0 unspecified atom stereocenters. The molecule has 3 aromatic rings. The van der Waals surface area contributed by atoms with Crippen molar-refractivity contribution >= 4 is 45.9 Å². The SMILES string of the molecule is O=C(Nc1ccc(NC(=S)NCc2cc(C(F)(F)F)ccc2F)cc1)c1nccs1. The van der Waals surface area contributed by atoms with Crippen molar-refractivity contribution in [3.05, 3.63) is 76.0 Å². The second kappa shape index (κ2) is 9.18. The Morgan fingerprint density at radius 2 is 1.73 bits per heavy atom. The molecule has 2 aromatic carbocycles. The summed E-state index contributed by atoms with van der Waals surface area (Å²) in [6, 6.07) is 8.78. The number of hydrogen-bond donors (Lipinski definition) is 3. The van der Waals surface area contributed by atoms with Crippen LogP contribution in [0.4, 0.5) is 28.9 Å². The third-order valence-electron chi connectivity index (χ3n) is 3.84. The molecule has 1 aromatic heterocycles. The van der Waals surface area contributed by atoms with E-state index >= 15 is 0 Å². The van der Waals surface area contributed by atoms with Gasteiger partial charge in [0.1, 0.15) is 5.82 Å². The van der Waals surface area contributed by atoms with Gasteiger partial charge in [0.15, 0.2) is 10.1 Å². The van der Waals surface area contributed by atoms with Gasteiger partial charge in [0, 0.05) is 35.1 Å². The van der Waals surface area contributed by atoms with Gasteiger partial charge in [-0.1, -0.05) is 0 Å². The van der Waals surface area contributed by atoms with Crippen molar-refractivity contribution in [3.8, 4) is 0 Å². The van der Waals surface area contributed by atoms with Crippen LogP contribution in [0.25, 0.3) is 0 Å². The van der Waals surface area contributed by atoms with Gasteiger partial charge >= 0.3 is 6.18 Å². The zero-order valence-electron chi connectivity index (χ0n) is 15.1. The lowest BCUT2D eigenvalue weighted by Gasteiger charge is -2.13. The maximum atomic E-state index is 13.8. The van der Waals surface area contributed by atoms with E-state index in [0.717, 1.165) is 12.1 Å². The van der Waals surface area contributed by atoms with Gasteiger partial charge in [0.25, 0.3) is 5.91 Å². The van der Waals surface area contributed by atoms with Crippen LogP contribution in [0.3, 0.4) is 0 Å². The summed E-state index contributed by atoms with van der Waals surface area (Å²) in [6.07, 6.45) is -3.02. The zero-order valence-corrected chi connectivity index (χ0v) is 16.7. The molecule has 1 heterocycles. The summed E-state index contributed by atoms with van der Waals surface area (Å²) in [5.41, 5.74) is 0.0270. The summed E-state index contributed by atoms with van der Waals surface area (Å²) in [7, 11) is 0. The minimum atomic E-state index is -4.56. The van der Waals surface area contributed by atoms with E-state index in [2.05, 4.69) is 20.9 Å². The van der Waals surface area contributed by atoms with Gasteiger partial charge in [-0.05, 0) is 54.7 Å². The van der Waals surface area contributed by atoms with Crippen LogP contribution in [0.2, 0.25) is 0 Å². The highest BCUT2D eigenvalue weighted by Gasteiger charge is 2.31. The molecule has 0 fully saturated rings. The number of anilines is 2. The number of thiazole rings is 1. The number of carbonyl (C=O) groups excluding carboxylic acids is 1. The first-order valence-electron chi connectivity index (χ1n) is 8.44. The highest BCUT2D eigenvalue weighted by atomic mass is 32.1. The topological polar surface area (TPSA) is 66.1 Å². The molecule has 0 aliphatic carbocycles. The largest absolute Gasteiger partial charge is 0.416 e. The van der Waals surface area contributed by atoms with Crippen LogP contribution in [0.15, 0.2) is 54.0 Å². The number of alkyl halides is 3. The van der Waals surface area contributed by atoms with Gasteiger partial charge in [-0.2, -0.15) is 13.2 Å².